The number of nitrogen functional groups attached to an aromatic ring is 1. The number of ketones is 1. The molecule has 0 saturated carbocycles. The second-order valence-electron chi connectivity index (χ2n) is 7.48. The topological polar surface area (TPSA) is 66.6 Å². The van der Waals surface area contributed by atoms with Crippen molar-refractivity contribution in [3.05, 3.63) is 64.7 Å². The zero-order chi connectivity index (χ0) is 19.3. The van der Waals surface area contributed by atoms with E-state index in [1.165, 1.54) is 0 Å². The molecule has 0 bridgehead atoms. The van der Waals surface area contributed by atoms with Gasteiger partial charge < -0.3 is 15.7 Å². The summed E-state index contributed by atoms with van der Waals surface area (Å²) in [6.45, 7) is 2.58. The number of piperidine rings is 1. The number of nitrogens with two attached hydrogens (primary N) is 1. The highest BCUT2D eigenvalue weighted by Gasteiger charge is 2.32. The Labute approximate surface area is 165 Å². The van der Waals surface area contributed by atoms with E-state index in [1.54, 1.807) is 12.1 Å². The number of carbonyl (C=O) groups excluding carboxylic acids is 1. The minimum absolute atomic E-state index is 0.101. The van der Waals surface area contributed by atoms with E-state index in [1.807, 2.05) is 36.4 Å². The Morgan fingerprint density at radius 3 is 2.44 bits per heavy atom. The van der Waals surface area contributed by atoms with Crippen LogP contribution in [0.3, 0.4) is 0 Å². The van der Waals surface area contributed by atoms with Crippen molar-refractivity contribution in [3.8, 4) is 0 Å². The molecule has 0 atom stereocenters. The highest BCUT2D eigenvalue weighted by molar-refractivity contribution is 6.30. The summed E-state index contributed by atoms with van der Waals surface area (Å²) in [6, 6.07) is 14.9. The summed E-state index contributed by atoms with van der Waals surface area (Å²) < 4.78 is 0. The fourth-order valence-corrected chi connectivity index (χ4v) is 3.83. The van der Waals surface area contributed by atoms with E-state index in [0.29, 0.717) is 29.1 Å². The van der Waals surface area contributed by atoms with Crippen LogP contribution in [0.1, 0.15) is 41.6 Å². The highest BCUT2D eigenvalue weighted by atomic mass is 35.5. The minimum atomic E-state index is -0.654. The molecule has 1 saturated heterocycles. The Kier molecular flexibility index (Phi) is 6.53. The summed E-state index contributed by atoms with van der Waals surface area (Å²) in [5, 5.41) is 11.6. The Hall–Kier alpha value is -1.88. The average Bonchev–Trinajstić information content (AvgIpc) is 2.66. The molecule has 0 spiro atoms. The van der Waals surface area contributed by atoms with Crippen LogP contribution in [-0.2, 0) is 6.42 Å². The molecule has 2 aromatic rings. The van der Waals surface area contributed by atoms with Gasteiger partial charge in [-0.3, -0.25) is 4.79 Å². The maximum atomic E-state index is 12.3. The summed E-state index contributed by atoms with van der Waals surface area (Å²) in [5.41, 5.74) is 7.50. The van der Waals surface area contributed by atoms with Crippen molar-refractivity contribution in [2.45, 2.75) is 37.7 Å². The number of carbonyl (C=O) groups is 1. The van der Waals surface area contributed by atoms with Crippen molar-refractivity contribution in [1.82, 2.24) is 4.90 Å². The van der Waals surface area contributed by atoms with E-state index in [2.05, 4.69) is 4.90 Å². The second-order valence-corrected chi connectivity index (χ2v) is 7.92. The first kappa shape index (κ1) is 19.9. The van der Waals surface area contributed by atoms with Crippen molar-refractivity contribution < 1.29 is 9.90 Å². The number of hydrogen-bond acceptors (Lipinski definition) is 4. The van der Waals surface area contributed by atoms with Crippen molar-refractivity contribution >= 4 is 23.1 Å². The molecule has 0 aliphatic carbocycles. The summed E-state index contributed by atoms with van der Waals surface area (Å²) in [6.07, 6.45) is 3.46. The first-order valence-electron chi connectivity index (χ1n) is 9.52. The normalized spacial score (nSPS) is 17.0. The Morgan fingerprint density at radius 1 is 1.11 bits per heavy atom. The molecule has 1 aliphatic rings. The summed E-state index contributed by atoms with van der Waals surface area (Å²) in [4.78, 5) is 14.6. The largest absolute Gasteiger partial charge is 0.398 e. The van der Waals surface area contributed by atoms with Crippen LogP contribution >= 0.6 is 11.6 Å². The van der Waals surface area contributed by atoms with Crippen LogP contribution in [-0.4, -0.2) is 41.0 Å². The molecule has 3 rings (SSSR count). The van der Waals surface area contributed by atoms with Crippen LogP contribution in [0.15, 0.2) is 48.5 Å². The molecule has 27 heavy (non-hydrogen) atoms. The number of anilines is 1. The number of likely N-dealkylation sites (tertiary alicyclic amines) is 1. The van der Waals surface area contributed by atoms with Gasteiger partial charge in [0.15, 0.2) is 5.78 Å². The molecule has 4 nitrogen and oxygen atoms in total. The SMILES string of the molecule is Nc1ccccc1C(=O)CCCN1CCC(O)(Cc2ccc(Cl)cc2)CC1. The van der Waals surface area contributed by atoms with Gasteiger partial charge in [-0.15, -0.1) is 0 Å². The van der Waals surface area contributed by atoms with Gasteiger partial charge in [-0.25, -0.2) is 0 Å². The third-order valence-corrected chi connectivity index (χ3v) is 5.62. The van der Waals surface area contributed by atoms with Crippen molar-refractivity contribution in [1.29, 1.82) is 0 Å². The number of aliphatic hydroxyl groups is 1. The Morgan fingerprint density at radius 2 is 1.78 bits per heavy atom. The van der Waals surface area contributed by atoms with E-state index in [0.717, 1.165) is 44.5 Å². The quantitative estimate of drug-likeness (QED) is 0.558. The number of nitrogens with zero attached hydrogens (tertiary/aromatic N) is 1. The summed E-state index contributed by atoms with van der Waals surface area (Å²) in [7, 11) is 0. The molecule has 0 radical (unpaired) electrons. The van der Waals surface area contributed by atoms with E-state index in [9.17, 15) is 9.90 Å². The lowest BCUT2D eigenvalue weighted by Gasteiger charge is -2.38. The second kappa shape index (κ2) is 8.87. The first-order chi connectivity index (χ1) is 13.0. The van der Waals surface area contributed by atoms with Crippen molar-refractivity contribution in [2.24, 2.45) is 0 Å². The molecule has 1 fully saturated rings. The number of halogens is 1. The minimum Gasteiger partial charge on any atom is -0.398 e. The fourth-order valence-electron chi connectivity index (χ4n) is 3.70. The standard InChI is InChI=1S/C22H27ClN2O2/c23-18-9-7-17(8-10-18)16-22(27)11-14-25(15-12-22)13-3-6-21(26)19-4-1-2-5-20(19)24/h1-2,4-5,7-10,27H,3,6,11-16,24H2. The molecule has 2 aromatic carbocycles. The van der Waals surface area contributed by atoms with Crippen LogP contribution in [0.5, 0.6) is 0 Å². The lowest BCUT2D eigenvalue weighted by Crippen LogP contribution is -2.45. The molecular formula is C22H27ClN2O2. The van der Waals surface area contributed by atoms with Gasteiger partial charge in [-0.1, -0.05) is 35.9 Å². The number of benzene rings is 2. The van der Waals surface area contributed by atoms with Gasteiger partial charge in [-0.05, 0) is 55.6 Å². The molecule has 0 unspecified atom stereocenters. The monoisotopic (exact) mass is 386 g/mol. The number of hydrogen-bond donors (Lipinski definition) is 2. The maximum Gasteiger partial charge on any atom is 0.164 e. The van der Waals surface area contributed by atoms with Crippen LogP contribution in [0, 0.1) is 0 Å². The molecule has 5 heteroatoms. The third kappa shape index (κ3) is 5.55. The number of rotatable bonds is 7. The van der Waals surface area contributed by atoms with Gasteiger partial charge >= 0.3 is 0 Å². The van der Waals surface area contributed by atoms with Gasteiger partial charge in [0.2, 0.25) is 0 Å². The average molecular weight is 387 g/mol. The van der Waals surface area contributed by atoms with E-state index in [4.69, 9.17) is 17.3 Å². The van der Waals surface area contributed by atoms with Crippen LogP contribution in [0.25, 0.3) is 0 Å². The van der Waals surface area contributed by atoms with Crippen LogP contribution in [0.2, 0.25) is 5.02 Å². The predicted molar refractivity (Wildman–Crippen MR) is 110 cm³/mol. The number of Topliss-reactive ketones (excluding diaryl/α,β-unsaturated/α-hetero) is 1. The predicted octanol–water partition coefficient (Wildman–Crippen LogP) is 3.95. The molecule has 144 valence electrons. The Balaban J connectivity index is 1.42. The summed E-state index contributed by atoms with van der Waals surface area (Å²) in [5.74, 6) is 0.101. The van der Waals surface area contributed by atoms with E-state index >= 15 is 0 Å². The molecule has 0 amide bonds. The van der Waals surface area contributed by atoms with Crippen LogP contribution < -0.4 is 5.73 Å². The fraction of sp³-hybridized carbons (Fsp3) is 0.409. The van der Waals surface area contributed by atoms with Crippen molar-refractivity contribution in [3.63, 3.8) is 0 Å². The van der Waals surface area contributed by atoms with E-state index < -0.39 is 5.60 Å². The van der Waals surface area contributed by atoms with E-state index in [-0.39, 0.29) is 5.78 Å². The molecule has 1 aliphatic heterocycles. The van der Waals surface area contributed by atoms with Gasteiger partial charge in [0, 0.05) is 42.2 Å². The van der Waals surface area contributed by atoms with Crippen molar-refractivity contribution in [2.75, 3.05) is 25.4 Å². The lowest BCUT2D eigenvalue weighted by atomic mass is 9.85. The molecular weight excluding hydrogens is 360 g/mol. The molecule has 3 N–H and O–H groups in total. The molecule has 1 heterocycles. The lowest BCUT2D eigenvalue weighted by molar-refractivity contribution is -0.0207. The number of para-hydroxylation sites is 1. The zero-order valence-corrected chi connectivity index (χ0v) is 16.3. The highest BCUT2D eigenvalue weighted by Crippen LogP contribution is 2.27. The van der Waals surface area contributed by atoms with Crippen LogP contribution in [0.4, 0.5) is 5.69 Å². The van der Waals surface area contributed by atoms with Gasteiger partial charge in [0.05, 0.1) is 5.60 Å². The van der Waals surface area contributed by atoms with Gasteiger partial charge in [0.1, 0.15) is 0 Å². The first-order valence-corrected chi connectivity index (χ1v) is 9.90. The van der Waals surface area contributed by atoms with Gasteiger partial charge in [-0.2, -0.15) is 0 Å². The third-order valence-electron chi connectivity index (χ3n) is 5.37. The molecule has 0 aromatic heterocycles. The maximum absolute atomic E-state index is 12.3. The smallest absolute Gasteiger partial charge is 0.164 e. The van der Waals surface area contributed by atoms with Gasteiger partial charge in [0.25, 0.3) is 0 Å². The zero-order valence-electron chi connectivity index (χ0n) is 15.5. The summed E-state index contributed by atoms with van der Waals surface area (Å²) >= 11 is 5.93. The Bertz CT molecular complexity index is 768.